The highest BCUT2D eigenvalue weighted by Crippen LogP contribution is 2.29. The van der Waals surface area contributed by atoms with Crippen LogP contribution in [0.25, 0.3) is 0 Å². The van der Waals surface area contributed by atoms with E-state index in [1.807, 2.05) is 16.7 Å². The maximum Gasteiger partial charge on any atom is 0.227 e. The molecule has 3 rings (SSSR count). The Morgan fingerprint density at radius 3 is 2.86 bits per heavy atom. The molecule has 1 aromatic heterocycles. The zero-order chi connectivity index (χ0) is 14.8. The third kappa shape index (κ3) is 2.85. The van der Waals surface area contributed by atoms with Crippen LogP contribution in [0.3, 0.4) is 0 Å². The average molecular weight is 293 g/mol. The van der Waals surface area contributed by atoms with Crippen LogP contribution in [0, 0.1) is 17.7 Å². The molecule has 0 bridgehead atoms. The second-order valence-electron chi connectivity index (χ2n) is 5.74. The van der Waals surface area contributed by atoms with Crippen LogP contribution in [-0.2, 0) is 9.53 Å². The minimum Gasteiger partial charge on any atom is -0.378 e. The molecule has 0 unspecified atom stereocenters. The van der Waals surface area contributed by atoms with Gasteiger partial charge in [0.15, 0.2) is 11.6 Å². The summed E-state index contributed by atoms with van der Waals surface area (Å²) in [5.41, 5.74) is 0. The average Bonchev–Trinajstić information content (AvgIpc) is 2.89. The number of anilines is 1. The van der Waals surface area contributed by atoms with E-state index in [1.165, 1.54) is 6.07 Å². The molecule has 0 saturated carbocycles. The standard InChI is InChI=1S/C15H20FN3O2/c1-11-9-19(14-13(16)3-2-4-17-14)10-12(11)15(20)18-5-7-21-8-6-18/h2-4,11-12H,5-10H2,1H3/t11-,12-/m1/s1. The van der Waals surface area contributed by atoms with Gasteiger partial charge in [0.25, 0.3) is 0 Å². The van der Waals surface area contributed by atoms with Crippen LogP contribution in [0.15, 0.2) is 18.3 Å². The van der Waals surface area contributed by atoms with E-state index in [1.54, 1.807) is 12.3 Å². The number of rotatable bonds is 2. The molecule has 2 aliphatic heterocycles. The van der Waals surface area contributed by atoms with Crippen molar-refractivity contribution in [3.05, 3.63) is 24.1 Å². The number of carbonyl (C=O) groups is 1. The molecule has 0 N–H and O–H groups in total. The first-order valence-corrected chi connectivity index (χ1v) is 7.39. The summed E-state index contributed by atoms with van der Waals surface area (Å²) >= 11 is 0. The molecular formula is C15H20FN3O2. The van der Waals surface area contributed by atoms with Crippen molar-refractivity contribution in [2.45, 2.75) is 6.92 Å². The smallest absolute Gasteiger partial charge is 0.227 e. The summed E-state index contributed by atoms with van der Waals surface area (Å²) in [5.74, 6) is 0.279. The Labute approximate surface area is 123 Å². The van der Waals surface area contributed by atoms with Crippen molar-refractivity contribution < 1.29 is 13.9 Å². The second-order valence-corrected chi connectivity index (χ2v) is 5.74. The highest BCUT2D eigenvalue weighted by molar-refractivity contribution is 5.80. The van der Waals surface area contributed by atoms with Crippen LogP contribution in [0.1, 0.15) is 6.92 Å². The monoisotopic (exact) mass is 293 g/mol. The van der Waals surface area contributed by atoms with Gasteiger partial charge >= 0.3 is 0 Å². The molecule has 0 aromatic carbocycles. The lowest BCUT2D eigenvalue weighted by molar-refractivity contribution is -0.140. The number of pyridine rings is 1. The van der Waals surface area contributed by atoms with Gasteiger partial charge in [-0.1, -0.05) is 6.92 Å². The van der Waals surface area contributed by atoms with Crippen molar-refractivity contribution in [2.24, 2.45) is 11.8 Å². The van der Waals surface area contributed by atoms with Crippen molar-refractivity contribution in [1.82, 2.24) is 9.88 Å². The minimum absolute atomic E-state index is 0.0930. The number of hydrogen-bond acceptors (Lipinski definition) is 4. The lowest BCUT2D eigenvalue weighted by Gasteiger charge is -2.30. The number of hydrogen-bond donors (Lipinski definition) is 0. The molecule has 2 aliphatic rings. The minimum atomic E-state index is -0.329. The molecule has 21 heavy (non-hydrogen) atoms. The van der Waals surface area contributed by atoms with Gasteiger partial charge in [-0.25, -0.2) is 9.37 Å². The van der Waals surface area contributed by atoms with Crippen LogP contribution >= 0.6 is 0 Å². The van der Waals surface area contributed by atoms with E-state index in [-0.39, 0.29) is 23.6 Å². The van der Waals surface area contributed by atoms with Gasteiger partial charge in [-0.3, -0.25) is 4.79 Å². The Morgan fingerprint density at radius 2 is 2.14 bits per heavy atom. The molecule has 1 amide bonds. The summed E-state index contributed by atoms with van der Waals surface area (Å²) in [6, 6.07) is 2.98. The van der Waals surface area contributed by atoms with Crippen molar-refractivity contribution in [3.8, 4) is 0 Å². The summed E-state index contributed by atoms with van der Waals surface area (Å²) < 4.78 is 19.1. The van der Waals surface area contributed by atoms with E-state index < -0.39 is 0 Å². The van der Waals surface area contributed by atoms with Gasteiger partial charge in [0.2, 0.25) is 5.91 Å². The van der Waals surface area contributed by atoms with Gasteiger partial charge in [0.05, 0.1) is 19.1 Å². The fraction of sp³-hybridized carbons (Fsp3) is 0.600. The van der Waals surface area contributed by atoms with Crippen molar-refractivity contribution in [2.75, 3.05) is 44.3 Å². The molecule has 1 aromatic rings. The number of halogens is 1. The molecule has 0 radical (unpaired) electrons. The van der Waals surface area contributed by atoms with Gasteiger partial charge in [0, 0.05) is 32.4 Å². The van der Waals surface area contributed by atoms with E-state index in [4.69, 9.17) is 4.74 Å². The highest BCUT2D eigenvalue weighted by Gasteiger charge is 2.38. The maximum atomic E-state index is 13.8. The van der Waals surface area contributed by atoms with Crippen LogP contribution in [0.4, 0.5) is 10.2 Å². The van der Waals surface area contributed by atoms with E-state index in [0.29, 0.717) is 45.2 Å². The lowest BCUT2D eigenvalue weighted by Crippen LogP contribution is -2.45. The summed E-state index contributed by atoms with van der Waals surface area (Å²) in [7, 11) is 0. The first kappa shape index (κ1) is 14.3. The van der Waals surface area contributed by atoms with Gasteiger partial charge in [-0.05, 0) is 18.1 Å². The number of nitrogens with zero attached hydrogens (tertiary/aromatic N) is 3. The first-order chi connectivity index (χ1) is 10.2. The third-order valence-corrected chi connectivity index (χ3v) is 4.29. The predicted molar refractivity (Wildman–Crippen MR) is 76.5 cm³/mol. The summed E-state index contributed by atoms with van der Waals surface area (Å²) in [6.07, 6.45) is 1.58. The van der Waals surface area contributed by atoms with E-state index in [2.05, 4.69) is 4.98 Å². The fourth-order valence-electron chi connectivity index (χ4n) is 3.09. The number of morpholine rings is 1. The quantitative estimate of drug-likeness (QED) is 0.820. The van der Waals surface area contributed by atoms with E-state index in [0.717, 1.165) is 0 Å². The zero-order valence-corrected chi connectivity index (χ0v) is 12.2. The van der Waals surface area contributed by atoms with Gasteiger partial charge in [-0.2, -0.15) is 0 Å². The fourth-order valence-corrected chi connectivity index (χ4v) is 3.09. The first-order valence-electron chi connectivity index (χ1n) is 7.39. The molecule has 0 spiro atoms. The Morgan fingerprint density at radius 1 is 1.38 bits per heavy atom. The molecule has 2 atom stereocenters. The molecule has 0 aliphatic carbocycles. The zero-order valence-electron chi connectivity index (χ0n) is 12.2. The van der Waals surface area contributed by atoms with Gasteiger partial charge in [-0.15, -0.1) is 0 Å². The molecule has 2 fully saturated rings. The molecule has 114 valence electrons. The third-order valence-electron chi connectivity index (χ3n) is 4.29. The maximum absolute atomic E-state index is 13.8. The summed E-state index contributed by atoms with van der Waals surface area (Å²) in [6.45, 7) is 5.75. The van der Waals surface area contributed by atoms with Crippen LogP contribution in [0.2, 0.25) is 0 Å². The Hall–Kier alpha value is -1.69. The largest absolute Gasteiger partial charge is 0.378 e. The van der Waals surface area contributed by atoms with Crippen molar-refractivity contribution in [3.63, 3.8) is 0 Å². The normalized spacial score (nSPS) is 26.2. The number of aromatic nitrogens is 1. The Bertz CT molecular complexity index is 519. The second kappa shape index (κ2) is 5.97. The summed E-state index contributed by atoms with van der Waals surface area (Å²) in [4.78, 5) is 20.5. The van der Waals surface area contributed by atoms with E-state index >= 15 is 0 Å². The number of ether oxygens (including phenoxy) is 1. The SMILES string of the molecule is C[C@@H]1CN(c2ncccc2F)C[C@H]1C(=O)N1CCOCC1. The van der Waals surface area contributed by atoms with Gasteiger partial charge < -0.3 is 14.5 Å². The molecule has 2 saturated heterocycles. The van der Waals surface area contributed by atoms with Crippen LogP contribution in [-0.4, -0.2) is 55.2 Å². The van der Waals surface area contributed by atoms with Gasteiger partial charge in [0.1, 0.15) is 0 Å². The predicted octanol–water partition coefficient (Wildman–Crippen LogP) is 1.15. The lowest BCUT2D eigenvalue weighted by atomic mass is 9.96. The molecule has 3 heterocycles. The van der Waals surface area contributed by atoms with E-state index in [9.17, 15) is 9.18 Å². The number of carbonyl (C=O) groups excluding carboxylic acids is 1. The van der Waals surface area contributed by atoms with Crippen molar-refractivity contribution >= 4 is 11.7 Å². The molecule has 5 nitrogen and oxygen atoms in total. The topological polar surface area (TPSA) is 45.7 Å². The highest BCUT2D eigenvalue weighted by atomic mass is 19.1. The van der Waals surface area contributed by atoms with Crippen LogP contribution < -0.4 is 4.90 Å². The molecular weight excluding hydrogens is 273 g/mol. The number of amides is 1. The summed E-state index contributed by atoms with van der Waals surface area (Å²) in [5, 5.41) is 0. The van der Waals surface area contributed by atoms with Crippen molar-refractivity contribution in [1.29, 1.82) is 0 Å². The molecule has 6 heteroatoms. The van der Waals surface area contributed by atoms with Crippen LogP contribution in [0.5, 0.6) is 0 Å². The Kier molecular flexibility index (Phi) is 4.05. The Balaban J connectivity index is 1.71.